The van der Waals surface area contributed by atoms with E-state index in [0.29, 0.717) is 19.1 Å². The number of rotatable bonds is 9. The predicted molar refractivity (Wildman–Crippen MR) is 109 cm³/mol. The predicted octanol–water partition coefficient (Wildman–Crippen LogP) is 0.606. The van der Waals surface area contributed by atoms with Gasteiger partial charge in [0.1, 0.15) is 0 Å². The Morgan fingerprint density at radius 2 is 2.04 bits per heavy atom. The van der Waals surface area contributed by atoms with Gasteiger partial charge in [0.15, 0.2) is 5.96 Å². The number of aliphatic imine (C=N–C) groups is 1. The normalized spacial score (nSPS) is 17.8. The maximum atomic E-state index is 11.7. The first kappa shape index (κ1) is 23.4. The van der Waals surface area contributed by atoms with Gasteiger partial charge in [-0.2, -0.15) is 0 Å². The number of nitrogens with zero attached hydrogens (tertiary/aromatic N) is 3. The summed E-state index contributed by atoms with van der Waals surface area (Å²) < 4.78 is 4.91. The number of ether oxygens (including phenoxy) is 1. The first-order valence-electron chi connectivity index (χ1n) is 8.58. The smallest absolute Gasteiger partial charge is 0.239 e. The van der Waals surface area contributed by atoms with Gasteiger partial charge in [-0.15, -0.1) is 24.0 Å². The van der Waals surface area contributed by atoms with E-state index in [-0.39, 0.29) is 36.4 Å². The quantitative estimate of drug-likeness (QED) is 0.231. The summed E-state index contributed by atoms with van der Waals surface area (Å²) in [6.07, 6.45) is 1.18. The lowest BCUT2D eigenvalue weighted by molar-refractivity contribution is -0.120. The van der Waals surface area contributed by atoms with Crippen LogP contribution in [0.4, 0.5) is 0 Å². The largest absolute Gasteiger partial charge is 0.383 e. The molecule has 142 valence electrons. The number of halogens is 1. The molecule has 1 amide bonds. The molecule has 0 aliphatic carbocycles. The van der Waals surface area contributed by atoms with E-state index in [1.165, 1.54) is 6.42 Å². The van der Waals surface area contributed by atoms with E-state index in [0.717, 1.165) is 38.7 Å². The van der Waals surface area contributed by atoms with Gasteiger partial charge in [0.25, 0.3) is 0 Å². The molecule has 1 aliphatic heterocycles. The monoisotopic (exact) mass is 455 g/mol. The molecule has 0 aromatic carbocycles. The maximum Gasteiger partial charge on any atom is 0.239 e. The zero-order valence-electron chi connectivity index (χ0n) is 15.5. The molecule has 1 unspecified atom stereocenters. The second-order valence-electron chi connectivity index (χ2n) is 5.83. The molecule has 1 saturated heterocycles. The van der Waals surface area contributed by atoms with Crippen molar-refractivity contribution in [3.05, 3.63) is 0 Å². The number of carbonyl (C=O) groups is 1. The topological polar surface area (TPSA) is 69.2 Å². The van der Waals surface area contributed by atoms with E-state index in [4.69, 9.17) is 4.74 Å². The lowest BCUT2D eigenvalue weighted by Gasteiger charge is -2.24. The summed E-state index contributed by atoms with van der Waals surface area (Å²) in [4.78, 5) is 20.7. The fraction of sp³-hybridized carbons (Fsp3) is 0.875. The number of likely N-dealkylation sites (tertiary alicyclic amines) is 1. The molecule has 0 aromatic heterocycles. The molecule has 1 rings (SSSR count). The van der Waals surface area contributed by atoms with Gasteiger partial charge in [-0.05, 0) is 25.4 Å². The molecule has 1 fully saturated rings. The average molecular weight is 455 g/mol. The second kappa shape index (κ2) is 13.7. The van der Waals surface area contributed by atoms with Crippen LogP contribution in [0.3, 0.4) is 0 Å². The van der Waals surface area contributed by atoms with Gasteiger partial charge < -0.3 is 25.2 Å². The van der Waals surface area contributed by atoms with Crippen LogP contribution in [-0.4, -0.2) is 88.2 Å². The zero-order chi connectivity index (χ0) is 17.1. The van der Waals surface area contributed by atoms with E-state index in [2.05, 4.69) is 39.3 Å². The van der Waals surface area contributed by atoms with Crippen molar-refractivity contribution in [2.45, 2.75) is 20.3 Å². The molecule has 0 radical (unpaired) electrons. The van der Waals surface area contributed by atoms with Gasteiger partial charge in [-0.25, -0.2) is 0 Å². The van der Waals surface area contributed by atoms with Crippen molar-refractivity contribution in [2.24, 2.45) is 10.9 Å². The van der Waals surface area contributed by atoms with Crippen LogP contribution >= 0.6 is 24.0 Å². The highest BCUT2D eigenvalue weighted by molar-refractivity contribution is 14.0. The van der Waals surface area contributed by atoms with Crippen LogP contribution in [-0.2, 0) is 9.53 Å². The number of guanidine groups is 1. The molecular formula is C16H34IN5O2. The highest BCUT2D eigenvalue weighted by Gasteiger charge is 2.26. The summed E-state index contributed by atoms with van der Waals surface area (Å²) in [7, 11) is 3.39. The summed E-state index contributed by atoms with van der Waals surface area (Å²) in [6, 6.07) is 0. The van der Waals surface area contributed by atoms with Crippen molar-refractivity contribution in [1.82, 2.24) is 20.4 Å². The molecular weight excluding hydrogens is 421 g/mol. The first-order valence-corrected chi connectivity index (χ1v) is 8.58. The third-order valence-corrected chi connectivity index (χ3v) is 4.24. The Hall–Kier alpha value is -0.610. The Bertz CT molecular complexity index is 377. The van der Waals surface area contributed by atoms with Crippen molar-refractivity contribution in [1.29, 1.82) is 0 Å². The minimum Gasteiger partial charge on any atom is -0.383 e. The van der Waals surface area contributed by atoms with Crippen LogP contribution in [0.5, 0.6) is 0 Å². The molecule has 7 nitrogen and oxygen atoms in total. The molecule has 1 atom stereocenters. The van der Waals surface area contributed by atoms with Gasteiger partial charge in [-0.3, -0.25) is 9.79 Å². The Kier molecular flexibility index (Phi) is 13.3. The number of hydrogen-bond donors (Lipinski definition) is 2. The van der Waals surface area contributed by atoms with Crippen LogP contribution < -0.4 is 10.6 Å². The molecule has 8 heteroatoms. The Morgan fingerprint density at radius 1 is 1.33 bits per heavy atom. The summed E-state index contributed by atoms with van der Waals surface area (Å²) >= 11 is 0. The summed E-state index contributed by atoms with van der Waals surface area (Å²) in [5, 5.41) is 5.95. The number of nitrogens with one attached hydrogen (secondary N) is 2. The Labute approximate surface area is 163 Å². The molecule has 2 N–H and O–H groups in total. The molecule has 0 bridgehead atoms. The first-order chi connectivity index (χ1) is 11.1. The lowest BCUT2D eigenvalue weighted by Crippen LogP contribution is -2.45. The minimum absolute atomic E-state index is 0. The minimum atomic E-state index is -0.0397. The van der Waals surface area contributed by atoms with Crippen molar-refractivity contribution in [3.8, 4) is 0 Å². The summed E-state index contributed by atoms with van der Waals surface area (Å²) in [5.41, 5.74) is 0. The summed E-state index contributed by atoms with van der Waals surface area (Å²) in [5.74, 6) is 1.44. The number of carbonyl (C=O) groups excluding carboxylic acids is 1. The standard InChI is InChI=1S/C16H33N5O2.HI/c1-5-20(6-2)12-14-7-9-21(13-14)16(17-3)19-11-15(22)18-8-10-23-4;/h14H,5-13H2,1-4H3,(H,17,19)(H,18,22);1H. The number of amides is 1. The third kappa shape index (κ3) is 8.48. The van der Waals surface area contributed by atoms with Crippen LogP contribution in [0.1, 0.15) is 20.3 Å². The van der Waals surface area contributed by atoms with Gasteiger partial charge in [0, 0.05) is 40.3 Å². The van der Waals surface area contributed by atoms with Crippen LogP contribution in [0.2, 0.25) is 0 Å². The number of hydrogen-bond acceptors (Lipinski definition) is 4. The fourth-order valence-corrected chi connectivity index (χ4v) is 2.87. The van der Waals surface area contributed by atoms with Crippen molar-refractivity contribution in [2.75, 3.05) is 66.6 Å². The Morgan fingerprint density at radius 3 is 2.62 bits per heavy atom. The fourth-order valence-electron chi connectivity index (χ4n) is 2.87. The van der Waals surface area contributed by atoms with Gasteiger partial charge in [0.05, 0.1) is 13.2 Å². The molecule has 0 aromatic rings. The van der Waals surface area contributed by atoms with E-state index in [9.17, 15) is 4.79 Å². The van der Waals surface area contributed by atoms with Crippen molar-refractivity contribution < 1.29 is 9.53 Å². The van der Waals surface area contributed by atoms with E-state index in [1.807, 2.05) is 0 Å². The van der Waals surface area contributed by atoms with Crippen LogP contribution in [0.25, 0.3) is 0 Å². The highest BCUT2D eigenvalue weighted by Crippen LogP contribution is 2.17. The molecule has 1 aliphatic rings. The van der Waals surface area contributed by atoms with Crippen molar-refractivity contribution >= 4 is 35.8 Å². The molecule has 1 heterocycles. The lowest BCUT2D eigenvalue weighted by atomic mass is 10.1. The van der Waals surface area contributed by atoms with Gasteiger partial charge in [0.2, 0.25) is 5.91 Å². The van der Waals surface area contributed by atoms with Gasteiger partial charge in [-0.1, -0.05) is 13.8 Å². The van der Waals surface area contributed by atoms with Crippen LogP contribution in [0, 0.1) is 5.92 Å². The zero-order valence-corrected chi connectivity index (χ0v) is 17.8. The third-order valence-electron chi connectivity index (χ3n) is 4.24. The summed E-state index contributed by atoms with van der Waals surface area (Å²) in [6.45, 7) is 11.1. The molecule has 0 saturated carbocycles. The maximum absolute atomic E-state index is 11.7. The Balaban J connectivity index is 0.00000529. The average Bonchev–Trinajstić information content (AvgIpc) is 3.02. The van der Waals surface area contributed by atoms with Crippen LogP contribution in [0.15, 0.2) is 4.99 Å². The van der Waals surface area contributed by atoms with Gasteiger partial charge >= 0.3 is 0 Å². The van der Waals surface area contributed by atoms with E-state index in [1.54, 1.807) is 14.2 Å². The van der Waals surface area contributed by atoms with Crippen molar-refractivity contribution in [3.63, 3.8) is 0 Å². The molecule has 0 spiro atoms. The van der Waals surface area contributed by atoms with E-state index < -0.39 is 0 Å². The molecule has 24 heavy (non-hydrogen) atoms. The van der Waals surface area contributed by atoms with E-state index >= 15 is 0 Å². The SMILES string of the molecule is CCN(CC)CC1CCN(C(=NC)NCC(=O)NCCOC)C1.I. The number of methoxy groups -OCH3 is 1. The second-order valence-corrected chi connectivity index (χ2v) is 5.83. The highest BCUT2D eigenvalue weighted by atomic mass is 127.